The first-order chi connectivity index (χ1) is 5.82. The SMILES string of the molecule is CC(C)(C)c1c(N)nc(=S)[nH]c1N. The molecule has 0 aliphatic heterocycles. The molecule has 0 bridgehead atoms. The summed E-state index contributed by atoms with van der Waals surface area (Å²) in [5.41, 5.74) is 12.2. The third-order valence-electron chi connectivity index (χ3n) is 1.74. The van der Waals surface area contributed by atoms with E-state index >= 15 is 0 Å². The van der Waals surface area contributed by atoms with Crippen LogP contribution in [0.3, 0.4) is 0 Å². The van der Waals surface area contributed by atoms with Crippen LogP contribution in [-0.2, 0) is 5.41 Å². The van der Waals surface area contributed by atoms with E-state index in [1.165, 1.54) is 0 Å². The van der Waals surface area contributed by atoms with Gasteiger partial charge in [-0.05, 0) is 17.6 Å². The monoisotopic (exact) mass is 198 g/mol. The highest BCUT2D eigenvalue weighted by atomic mass is 32.1. The predicted octanol–water partition coefficient (Wildman–Crippen LogP) is 1.60. The topological polar surface area (TPSA) is 80.7 Å². The Morgan fingerprint density at radius 2 is 1.85 bits per heavy atom. The number of rotatable bonds is 0. The second-order valence-corrected chi connectivity index (χ2v) is 4.35. The molecule has 0 amide bonds. The van der Waals surface area contributed by atoms with Crippen molar-refractivity contribution in [3.8, 4) is 0 Å². The zero-order valence-electron chi connectivity index (χ0n) is 8.01. The Balaban J connectivity index is 3.47. The molecule has 0 radical (unpaired) electrons. The second kappa shape index (κ2) is 2.99. The molecule has 1 rings (SSSR count). The summed E-state index contributed by atoms with van der Waals surface area (Å²) in [6.07, 6.45) is 0. The van der Waals surface area contributed by atoms with Crippen LogP contribution in [0.1, 0.15) is 26.3 Å². The van der Waals surface area contributed by atoms with Gasteiger partial charge in [-0.2, -0.15) is 0 Å². The zero-order valence-corrected chi connectivity index (χ0v) is 8.83. The molecule has 0 atom stereocenters. The zero-order chi connectivity index (χ0) is 10.2. The van der Waals surface area contributed by atoms with Gasteiger partial charge in [-0.15, -0.1) is 0 Å². The van der Waals surface area contributed by atoms with Crippen molar-refractivity contribution in [1.82, 2.24) is 9.97 Å². The standard InChI is InChI=1S/C8H14N4S/c1-8(2,3)4-5(9)11-7(13)12-6(4)10/h1-3H3,(H5,9,10,11,12,13). The first-order valence-corrected chi connectivity index (χ1v) is 4.39. The summed E-state index contributed by atoms with van der Waals surface area (Å²) in [5, 5.41) is 0. The largest absolute Gasteiger partial charge is 0.385 e. The molecule has 4 nitrogen and oxygen atoms in total. The van der Waals surface area contributed by atoms with Crippen LogP contribution in [0, 0.1) is 4.77 Å². The lowest BCUT2D eigenvalue weighted by atomic mass is 9.87. The maximum absolute atomic E-state index is 5.77. The van der Waals surface area contributed by atoms with Gasteiger partial charge >= 0.3 is 0 Å². The maximum atomic E-state index is 5.77. The van der Waals surface area contributed by atoms with E-state index in [4.69, 9.17) is 23.7 Å². The number of aromatic amines is 1. The molecule has 5 heteroatoms. The number of nitrogens with one attached hydrogen (secondary N) is 1. The molecule has 13 heavy (non-hydrogen) atoms. The number of nitrogens with zero attached hydrogens (tertiary/aromatic N) is 1. The first kappa shape index (κ1) is 9.98. The molecule has 1 aromatic rings. The molecule has 0 saturated heterocycles. The molecule has 5 N–H and O–H groups in total. The number of hydrogen-bond donors (Lipinski definition) is 3. The third-order valence-corrected chi connectivity index (χ3v) is 1.93. The lowest BCUT2D eigenvalue weighted by Crippen LogP contribution is -2.18. The van der Waals surface area contributed by atoms with E-state index in [2.05, 4.69) is 9.97 Å². The normalized spacial score (nSPS) is 11.6. The Labute approximate surface area is 82.4 Å². The number of H-pyrrole nitrogens is 1. The van der Waals surface area contributed by atoms with Gasteiger partial charge in [0.25, 0.3) is 0 Å². The highest BCUT2D eigenvalue weighted by Gasteiger charge is 2.21. The van der Waals surface area contributed by atoms with Crippen LogP contribution in [0.2, 0.25) is 0 Å². The van der Waals surface area contributed by atoms with Crippen molar-refractivity contribution in [2.75, 3.05) is 11.5 Å². The summed E-state index contributed by atoms with van der Waals surface area (Å²) in [5.74, 6) is 0.916. The Bertz CT molecular complexity index is 348. The van der Waals surface area contributed by atoms with Gasteiger partial charge in [0.2, 0.25) is 0 Å². The van der Waals surface area contributed by atoms with Crippen LogP contribution in [0.4, 0.5) is 11.6 Å². The van der Waals surface area contributed by atoms with E-state index in [-0.39, 0.29) is 5.41 Å². The average molecular weight is 198 g/mol. The Morgan fingerprint density at radius 1 is 1.31 bits per heavy atom. The summed E-state index contributed by atoms with van der Waals surface area (Å²) in [4.78, 5) is 6.75. The minimum Gasteiger partial charge on any atom is -0.385 e. The molecule has 0 fully saturated rings. The molecule has 0 unspecified atom stereocenters. The lowest BCUT2D eigenvalue weighted by Gasteiger charge is -2.21. The van der Waals surface area contributed by atoms with Crippen molar-refractivity contribution >= 4 is 23.9 Å². The van der Waals surface area contributed by atoms with Gasteiger partial charge < -0.3 is 16.5 Å². The molecule has 0 aromatic carbocycles. The van der Waals surface area contributed by atoms with Crippen molar-refractivity contribution in [3.63, 3.8) is 0 Å². The highest BCUT2D eigenvalue weighted by molar-refractivity contribution is 7.71. The molecule has 0 aliphatic rings. The number of nitrogens with two attached hydrogens (primary N) is 2. The number of nitrogen functional groups attached to an aromatic ring is 2. The lowest BCUT2D eigenvalue weighted by molar-refractivity contribution is 0.589. The summed E-state index contributed by atoms with van der Waals surface area (Å²) < 4.78 is 0.322. The van der Waals surface area contributed by atoms with E-state index < -0.39 is 0 Å². The Morgan fingerprint density at radius 3 is 2.23 bits per heavy atom. The van der Waals surface area contributed by atoms with Crippen LogP contribution in [0.5, 0.6) is 0 Å². The van der Waals surface area contributed by atoms with E-state index in [9.17, 15) is 0 Å². The fourth-order valence-electron chi connectivity index (χ4n) is 1.30. The van der Waals surface area contributed by atoms with Gasteiger partial charge in [0, 0.05) is 5.56 Å². The molecule has 1 heterocycles. The van der Waals surface area contributed by atoms with Crippen LogP contribution in [-0.4, -0.2) is 9.97 Å². The molecule has 0 saturated carbocycles. The summed E-state index contributed by atoms with van der Waals surface area (Å²) in [7, 11) is 0. The molecule has 1 aromatic heterocycles. The molecule has 72 valence electrons. The van der Waals surface area contributed by atoms with E-state index in [1.54, 1.807) is 0 Å². The quantitative estimate of drug-likeness (QED) is 0.553. The number of hydrogen-bond acceptors (Lipinski definition) is 4. The van der Waals surface area contributed by atoms with Gasteiger partial charge in [-0.1, -0.05) is 20.8 Å². The fraction of sp³-hybridized carbons (Fsp3) is 0.500. The maximum Gasteiger partial charge on any atom is 0.200 e. The van der Waals surface area contributed by atoms with Crippen molar-refractivity contribution in [1.29, 1.82) is 0 Å². The second-order valence-electron chi connectivity index (χ2n) is 3.97. The molecule has 0 aliphatic carbocycles. The van der Waals surface area contributed by atoms with E-state index in [0.717, 1.165) is 5.56 Å². The van der Waals surface area contributed by atoms with Crippen LogP contribution in [0.15, 0.2) is 0 Å². The molecule has 0 spiro atoms. The minimum absolute atomic E-state index is 0.124. The molecular formula is C8H14N4S. The number of anilines is 2. The molecular weight excluding hydrogens is 184 g/mol. The van der Waals surface area contributed by atoms with Gasteiger partial charge in [-0.3, -0.25) is 0 Å². The summed E-state index contributed by atoms with van der Waals surface area (Å²) in [6.45, 7) is 6.06. The predicted molar refractivity (Wildman–Crippen MR) is 56.9 cm³/mol. The van der Waals surface area contributed by atoms with Gasteiger partial charge in [0.15, 0.2) is 4.77 Å². The fourth-order valence-corrected chi connectivity index (χ4v) is 1.51. The summed E-state index contributed by atoms with van der Waals surface area (Å²) in [6, 6.07) is 0. The first-order valence-electron chi connectivity index (χ1n) is 3.98. The van der Waals surface area contributed by atoms with Gasteiger partial charge in [0.05, 0.1) is 0 Å². The van der Waals surface area contributed by atoms with Crippen LogP contribution < -0.4 is 11.5 Å². The van der Waals surface area contributed by atoms with Crippen molar-refractivity contribution in [3.05, 3.63) is 10.3 Å². The Hall–Kier alpha value is -1.10. The van der Waals surface area contributed by atoms with E-state index in [1.807, 2.05) is 20.8 Å². The number of aromatic nitrogens is 2. The average Bonchev–Trinajstić information content (AvgIpc) is 1.78. The Kier molecular flexibility index (Phi) is 2.30. The van der Waals surface area contributed by atoms with E-state index in [0.29, 0.717) is 16.4 Å². The van der Waals surface area contributed by atoms with Crippen molar-refractivity contribution in [2.24, 2.45) is 0 Å². The summed E-state index contributed by atoms with van der Waals surface area (Å²) >= 11 is 4.84. The van der Waals surface area contributed by atoms with Gasteiger partial charge in [-0.25, -0.2) is 4.98 Å². The highest BCUT2D eigenvalue weighted by Crippen LogP contribution is 2.29. The third kappa shape index (κ3) is 1.98. The smallest absolute Gasteiger partial charge is 0.200 e. The van der Waals surface area contributed by atoms with Crippen molar-refractivity contribution < 1.29 is 0 Å². The minimum atomic E-state index is -0.124. The van der Waals surface area contributed by atoms with Crippen LogP contribution >= 0.6 is 12.2 Å². The van der Waals surface area contributed by atoms with Crippen LogP contribution in [0.25, 0.3) is 0 Å². The van der Waals surface area contributed by atoms with Gasteiger partial charge in [0.1, 0.15) is 11.6 Å². The van der Waals surface area contributed by atoms with Crippen molar-refractivity contribution in [2.45, 2.75) is 26.2 Å².